The Labute approximate surface area is 198 Å². The van der Waals surface area contributed by atoms with Crippen molar-refractivity contribution in [1.82, 2.24) is 29.6 Å². The smallest absolute Gasteiger partial charge is 0.223 e. The lowest BCUT2D eigenvalue weighted by Crippen LogP contribution is -2.24. The first-order chi connectivity index (χ1) is 16.5. The van der Waals surface area contributed by atoms with Crippen molar-refractivity contribution in [3.8, 4) is 22.9 Å². The maximum absolute atomic E-state index is 6.36. The first-order valence-corrected chi connectivity index (χ1v) is 11.1. The van der Waals surface area contributed by atoms with E-state index in [0.29, 0.717) is 23.4 Å². The van der Waals surface area contributed by atoms with Gasteiger partial charge in [0.25, 0.3) is 0 Å². The van der Waals surface area contributed by atoms with Gasteiger partial charge in [0.2, 0.25) is 11.8 Å². The highest BCUT2D eigenvalue weighted by Gasteiger charge is 2.25. The summed E-state index contributed by atoms with van der Waals surface area (Å²) in [7, 11) is 5.56. The molecule has 5 heterocycles. The molecule has 1 unspecified atom stereocenters. The summed E-state index contributed by atoms with van der Waals surface area (Å²) in [5, 5.41) is 7.51. The van der Waals surface area contributed by atoms with Gasteiger partial charge in [-0.2, -0.15) is 15.1 Å². The van der Waals surface area contributed by atoms with Gasteiger partial charge in [0, 0.05) is 49.2 Å². The number of ether oxygens (including phenoxy) is 2. The van der Waals surface area contributed by atoms with Gasteiger partial charge >= 0.3 is 0 Å². The molecule has 0 bridgehead atoms. The van der Waals surface area contributed by atoms with Crippen molar-refractivity contribution in [2.24, 2.45) is 7.05 Å². The Bertz CT molecular complexity index is 1320. The number of aryl methyl sites for hydroxylation is 2. The number of nitrogens with one attached hydrogen (secondary N) is 1. The van der Waals surface area contributed by atoms with Crippen LogP contribution in [0.25, 0.3) is 11.1 Å². The minimum absolute atomic E-state index is 0.203. The first-order valence-electron chi connectivity index (χ1n) is 11.1. The Morgan fingerprint density at radius 1 is 1.09 bits per heavy atom. The van der Waals surface area contributed by atoms with Crippen LogP contribution in [0.1, 0.15) is 22.9 Å². The Morgan fingerprint density at radius 2 is 1.91 bits per heavy atom. The number of rotatable bonds is 5. The van der Waals surface area contributed by atoms with Gasteiger partial charge < -0.3 is 14.8 Å². The fraction of sp³-hybridized carbons (Fsp3) is 0.280. The summed E-state index contributed by atoms with van der Waals surface area (Å²) < 4.78 is 13.6. The van der Waals surface area contributed by atoms with Gasteiger partial charge in [-0.05, 0) is 55.9 Å². The van der Waals surface area contributed by atoms with Crippen molar-refractivity contribution in [1.29, 1.82) is 0 Å². The third kappa shape index (κ3) is 4.55. The van der Waals surface area contributed by atoms with Gasteiger partial charge in [-0.15, -0.1) is 0 Å². The second kappa shape index (κ2) is 9.11. The molecule has 0 fully saturated rings. The molecular formula is C25H27N7O2. The van der Waals surface area contributed by atoms with Crippen molar-refractivity contribution in [3.05, 3.63) is 71.8 Å². The van der Waals surface area contributed by atoms with Crippen LogP contribution < -0.4 is 14.8 Å². The normalized spacial score (nSPS) is 15.8. The molecule has 0 saturated carbocycles. The summed E-state index contributed by atoms with van der Waals surface area (Å²) >= 11 is 0. The van der Waals surface area contributed by atoms with Crippen LogP contribution in [0.4, 0.5) is 11.6 Å². The summed E-state index contributed by atoms with van der Waals surface area (Å²) in [5.41, 5.74) is 4.89. The molecule has 4 aromatic heterocycles. The van der Waals surface area contributed by atoms with Crippen LogP contribution in [-0.4, -0.2) is 50.3 Å². The highest BCUT2D eigenvalue weighted by Crippen LogP contribution is 2.32. The number of anilines is 2. The molecule has 1 aliphatic heterocycles. The third-order valence-electron chi connectivity index (χ3n) is 5.70. The summed E-state index contributed by atoms with van der Waals surface area (Å²) in [5.74, 6) is 2.38. The van der Waals surface area contributed by atoms with Crippen LogP contribution in [0.5, 0.6) is 11.8 Å². The maximum atomic E-state index is 6.36. The van der Waals surface area contributed by atoms with Gasteiger partial charge in [-0.1, -0.05) is 0 Å². The second-order valence-corrected chi connectivity index (χ2v) is 8.50. The van der Waals surface area contributed by atoms with Crippen molar-refractivity contribution in [3.63, 3.8) is 0 Å². The van der Waals surface area contributed by atoms with E-state index in [4.69, 9.17) is 14.5 Å². The molecule has 4 aromatic rings. The summed E-state index contributed by atoms with van der Waals surface area (Å²) in [6, 6.07) is 11.9. The van der Waals surface area contributed by atoms with Crippen LogP contribution in [0, 0.1) is 6.92 Å². The van der Waals surface area contributed by atoms with Crippen LogP contribution in [0.15, 0.2) is 55.0 Å². The van der Waals surface area contributed by atoms with Crippen LogP contribution in [0.2, 0.25) is 0 Å². The largest absolute Gasteiger partial charge is 0.480 e. The predicted molar refractivity (Wildman–Crippen MR) is 129 cm³/mol. The molecular weight excluding hydrogens is 430 g/mol. The van der Waals surface area contributed by atoms with Crippen molar-refractivity contribution < 1.29 is 9.47 Å². The third-order valence-corrected chi connectivity index (χ3v) is 5.70. The van der Waals surface area contributed by atoms with Gasteiger partial charge in [-0.3, -0.25) is 14.6 Å². The number of aromatic nitrogens is 5. The topological polar surface area (TPSA) is 90.2 Å². The standard InChI is InChI=1S/C25H27N7O2/c1-16-9-10-26-20(11-16)21-15-31(2)13-17-5-7-22(29-24(17)34-21)28-23-8-6-19(25(30-23)33-4)18-12-27-32(3)14-18/h5-12,14,21H,13,15H2,1-4H3,(H,28,29,30). The van der Waals surface area contributed by atoms with Crippen molar-refractivity contribution in [2.75, 3.05) is 26.0 Å². The number of fused-ring (bicyclic) bond motifs is 1. The maximum Gasteiger partial charge on any atom is 0.223 e. The molecule has 9 heteroatoms. The zero-order valence-electron chi connectivity index (χ0n) is 19.7. The Balaban J connectivity index is 1.41. The molecule has 174 valence electrons. The van der Waals surface area contributed by atoms with E-state index in [-0.39, 0.29) is 6.10 Å². The Kier molecular flexibility index (Phi) is 5.85. The van der Waals surface area contributed by atoms with Gasteiger partial charge in [0.1, 0.15) is 11.6 Å². The molecule has 0 amide bonds. The number of methoxy groups -OCH3 is 1. The summed E-state index contributed by atoms with van der Waals surface area (Å²) in [6.07, 6.45) is 5.33. The summed E-state index contributed by atoms with van der Waals surface area (Å²) in [4.78, 5) is 16.1. The fourth-order valence-corrected chi connectivity index (χ4v) is 4.04. The molecule has 1 aliphatic rings. The minimum atomic E-state index is -0.203. The lowest BCUT2D eigenvalue weighted by atomic mass is 10.1. The van der Waals surface area contributed by atoms with Gasteiger partial charge in [0.05, 0.1) is 19.0 Å². The molecule has 1 N–H and O–H groups in total. The van der Waals surface area contributed by atoms with Crippen molar-refractivity contribution in [2.45, 2.75) is 19.6 Å². The van der Waals surface area contributed by atoms with E-state index in [0.717, 1.165) is 41.0 Å². The molecule has 0 spiro atoms. The average molecular weight is 458 g/mol. The minimum Gasteiger partial charge on any atom is -0.480 e. The van der Waals surface area contributed by atoms with Crippen LogP contribution in [0.3, 0.4) is 0 Å². The van der Waals surface area contributed by atoms with Crippen LogP contribution >= 0.6 is 0 Å². The molecule has 0 radical (unpaired) electrons. The molecule has 1 atom stereocenters. The number of likely N-dealkylation sites (N-methyl/N-ethyl adjacent to an activating group) is 1. The van der Waals surface area contributed by atoms with E-state index < -0.39 is 0 Å². The lowest BCUT2D eigenvalue weighted by molar-refractivity contribution is 0.156. The zero-order chi connectivity index (χ0) is 23.7. The average Bonchev–Trinajstić information content (AvgIpc) is 3.18. The predicted octanol–water partition coefficient (Wildman–Crippen LogP) is 3.90. The number of hydrogen-bond donors (Lipinski definition) is 1. The zero-order valence-corrected chi connectivity index (χ0v) is 19.7. The lowest BCUT2D eigenvalue weighted by Gasteiger charge is -2.19. The van der Waals surface area contributed by atoms with Gasteiger partial charge in [-0.25, -0.2) is 0 Å². The van der Waals surface area contributed by atoms with E-state index in [1.165, 1.54) is 0 Å². The molecule has 0 aliphatic carbocycles. The number of hydrogen-bond acceptors (Lipinski definition) is 8. The number of nitrogens with zero attached hydrogens (tertiary/aromatic N) is 6. The van der Waals surface area contributed by atoms with E-state index >= 15 is 0 Å². The van der Waals surface area contributed by atoms with E-state index in [2.05, 4.69) is 45.3 Å². The van der Waals surface area contributed by atoms with E-state index in [9.17, 15) is 0 Å². The van der Waals surface area contributed by atoms with Gasteiger partial charge in [0.15, 0.2) is 6.10 Å². The second-order valence-electron chi connectivity index (χ2n) is 8.50. The highest BCUT2D eigenvalue weighted by atomic mass is 16.5. The van der Waals surface area contributed by atoms with E-state index in [1.54, 1.807) is 18.0 Å². The molecule has 0 aromatic carbocycles. The van der Waals surface area contributed by atoms with E-state index in [1.807, 2.05) is 49.8 Å². The molecule has 0 saturated heterocycles. The molecule has 9 nitrogen and oxygen atoms in total. The quantitative estimate of drug-likeness (QED) is 0.483. The summed E-state index contributed by atoms with van der Waals surface area (Å²) in [6.45, 7) is 3.53. The Morgan fingerprint density at radius 3 is 2.68 bits per heavy atom. The van der Waals surface area contributed by atoms with Crippen LogP contribution in [-0.2, 0) is 13.6 Å². The first kappa shape index (κ1) is 21.8. The molecule has 5 rings (SSSR count). The monoisotopic (exact) mass is 457 g/mol. The fourth-order valence-electron chi connectivity index (χ4n) is 4.04. The van der Waals surface area contributed by atoms with Crippen molar-refractivity contribution >= 4 is 11.6 Å². The highest BCUT2D eigenvalue weighted by molar-refractivity contribution is 5.70. The SMILES string of the molecule is COc1nc(Nc2ccc3c(n2)OC(c2cc(C)ccn2)CN(C)C3)ccc1-c1cnn(C)c1. The number of pyridine rings is 3. The Hall–Kier alpha value is -3.98. The molecule has 34 heavy (non-hydrogen) atoms.